The summed E-state index contributed by atoms with van der Waals surface area (Å²) in [6, 6.07) is 1.43. The molecule has 1 fully saturated rings. The number of sulfonamides is 1. The van der Waals surface area contributed by atoms with Gasteiger partial charge in [-0.15, -0.1) is 0 Å². The molecule has 1 saturated carbocycles. The zero-order valence-corrected chi connectivity index (χ0v) is 10.2. The Hall–Kier alpha value is -1.34. The van der Waals surface area contributed by atoms with E-state index in [0.717, 1.165) is 19.3 Å². The summed E-state index contributed by atoms with van der Waals surface area (Å²) < 4.78 is 28.8. The van der Waals surface area contributed by atoms with E-state index in [1.54, 1.807) is 4.57 Å². The fourth-order valence-corrected chi connectivity index (χ4v) is 2.38. The molecule has 0 aliphatic heterocycles. The number of rotatable bonds is 3. The number of aromatic nitrogens is 1. The van der Waals surface area contributed by atoms with Gasteiger partial charge in [-0.25, -0.2) is 18.4 Å². The van der Waals surface area contributed by atoms with E-state index >= 15 is 0 Å². The summed E-state index contributed by atoms with van der Waals surface area (Å²) in [6.07, 6.45) is 4.35. The number of hydrogen-bond acceptors (Lipinski definition) is 4. The zero-order chi connectivity index (χ0) is 12.6. The fourth-order valence-electron chi connectivity index (χ4n) is 1.84. The van der Waals surface area contributed by atoms with E-state index in [1.165, 1.54) is 19.4 Å². The van der Waals surface area contributed by atoms with Gasteiger partial charge >= 0.3 is 5.97 Å². The van der Waals surface area contributed by atoms with Crippen molar-refractivity contribution in [2.24, 2.45) is 5.14 Å². The summed E-state index contributed by atoms with van der Waals surface area (Å²) in [6.45, 7) is 0. The Morgan fingerprint density at radius 2 is 2.18 bits per heavy atom. The molecule has 0 amide bonds. The van der Waals surface area contributed by atoms with Gasteiger partial charge in [0.25, 0.3) is 0 Å². The summed E-state index contributed by atoms with van der Waals surface area (Å²) in [5, 5.41) is 5.05. The van der Waals surface area contributed by atoms with E-state index in [2.05, 4.69) is 4.74 Å². The standard InChI is InChI=1S/C10H14N2O4S/c1-16-10(13)9-5-8(17(11,14)15)6-12(9)7-3-2-4-7/h5-7H,2-4H2,1H3,(H2,11,14,15). The van der Waals surface area contributed by atoms with Crippen LogP contribution in [0.1, 0.15) is 35.8 Å². The lowest BCUT2D eigenvalue weighted by Gasteiger charge is -2.28. The lowest BCUT2D eigenvalue weighted by molar-refractivity contribution is 0.0582. The van der Waals surface area contributed by atoms with Crippen LogP contribution in [0.5, 0.6) is 0 Å². The Morgan fingerprint density at radius 1 is 1.53 bits per heavy atom. The molecule has 0 aromatic carbocycles. The van der Waals surface area contributed by atoms with E-state index in [0.29, 0.717) is 0 Å². The third kappa shape index (κ3) is 2.20. The van der Waals surface area contributed by atoms with E-state index in [-0.39, 0.29) is 16.6 Å². The van der Waals surface area contributed by atoms with Gasteiger partial charge in [-0.3, -0.25) is 0 Å². The molecule has 2 N–H and O–H groups in total. The third-order valence-electron chi connectivity index (χ3n) is 3.01. The van der Waals surface area contributed by atoms with Crippen molar-refractivity contribution in [2.75, 3.05) is 7.11 Å². The number of nitrogens with zero attached hydrogens (tertiary/aromatic N) is 1. The first-order valence-corrected chi connectivity index (χ1v) is 6.81. The van der Waals surface area contributed by atoms with E-state index in [4.69, 9.17) is 5.14 Å². The van der Waals surface area contributed by atoms with Gasteiger partial charge in [0.05, 0.1) is 7.11 Å². The van der Waals surface area contributed by atoms with Crippen LogP contribution in [0.4, 0.5) is 0 Å². The summed E-state index contributed by atoms with van der Waals surface area (Å²) >= 11 is 0. The van der Waals surface area contributed by atoms with Crippen molar-refractivity contribution in [2.45, 2.75) is 30.2 Å². The van der Waals surface area contributed by atoms with Gasteiger partial charge in [0.1, 0.15) is 10.6 Å². The molecule has 0 bridgehead atoms. The molecule has 0 unspecified atom stereocenters. The van der Waals surface area contributed by atoms with Gasteiger partial charge in [0.15, 0.2) is 0 Å². The number of carbonyl (C=O) groups is 1. The van der Waals surface area contributed by atoms with Crippen LogP contribution in [0.15, 0.2) is 17.2 Å². The number of hydrogen-bond donors (Lipinski definition) is 1. The van der Waals surface area contributed by atoms with Crippen LogP contribution in [-0.4, -0.2) is 26.1 Å². The van der Waals surface area contributed by atoms with Crippen LogP contribution >= 0.6 is 0 Å². The molecule has 0 atom stereocenters. The second-order valence-corrected chi connectivity index (χ2v) is 5.65. The summed E-state index contributed by atoms with van der Waals surface area (Å²) in [5.74, 6) is -0.549. The highest BCUT2D eigenvalue weighted by molar-refractivity contribution is 7.89. The van der Waals surface area contributed by atoms with Crippen LogP contribution in [0, 0.1) is 0 Å². The Kier molecular flexibility index (Phi) is 2.96. The molecule has 1 aromatic heterocycles. The number of esters is 1. The molecule has 7 heteroatoms. The molecule has 0 spiro atoms. The second kappa shape index (κ2) is 4.15. The van der Waals surface area contributed by atoms with Crippen molar-refractivity contribution >= 4 is 16.0 Å². The number of nitrogens with two attached hydrogens (primary N) is 1. The molecule has 1 heterocycles. The van der Waals surface area contributed by atoms with Crippen LogP contribution in [-0.2, 0) is 14.8 Å². The van der Waals surface area contributed by atoms with Crippen LogP contribution in [0.3, 0.4) is 0 Å². The molecule has 1 aliphatic rings. The minimum absolute atomic E-state index is 0.0511. The largest absolute Gasteiger partial charge is 0.464 e. The molecule has 2 rings (SSSR count). The van der Waals surface area contributed by atoms with Crippen molar-refractivity contribution in [3.8, 4) is 0 Å². The normalized spacial score (nSPS) is 16.6. The highest BCUT2D eigenvalue weighted by Crippen LogP contribution is 2.34. The Morgan fingerprint density at radius 3 is 2.59 bits per heavy atom. The first-order valence-electron chi connectivity index (χ1n) is 5.26. The summed E-state index contributed by atoms with van der Waals surface area (Å²) in [5.41, 5.74) is 0.237. The fraction of sp³-hybridized carbons (Fsp3) is 0.500. The number of methoxy groups -OCH3 is 1. The second-order valence-electron chi connectivity index (χ2n) is 4.09. The molecular formula is C10H14N2O4S. The predicted octanol–water partition coefficient (Wildman–Crippen LogP) is 0.647. The lowest BCUT2D eigenvalue weighted by Crippen LogP contribution is -2.20. The Labute approximate surface area is 99.4 Å². The van der Waals surface area contributed by atoms with E-state index in [9.17, 15) is 13.2 Å². The summed E-state index contributed by atoms with van der Waals surface area (Å²) in [4.78, 5) is 11.5. The summed E-state index contributed by atoms with van der Waals surface area (Å²) in [7, 11) is -2.53. The van der Waals surface area contributed by atoms with Gasteiger partial charge in [0, 0.05) is 12.2 Å². The molecule has 94 valence electrons. The topological polar surface area (TPSA) is 91.4 Å². The average molecular weight is 258 g/mol. The van der Waals surface area contributed by atoms with Gasteiger partial charge in [-0.2, -0.15) is 0 Å². The molecule has 6 nitrogen and oxygen atoms in total. The van der Waals surface area contributed by atoms with Gasteiger partial charge in [0.2, 0.25) is 10.0 Å². The van der Waals surface area contributed by atoms with Crippen molar-refractivity contribution in [3.05, 3.63) is 18.0 Å². The van der Waals surface area contributed by atoms with Gasteiger partial charge in [-0.1, -0.05) is 0 Å². The number of carbonyl (C=O) groups excluding carboxylic acids is 1. The maximum Gasteiger partial charge on any atom is 0.354 e. The van der Waals surface area contributed by atoms with Crippen LogP contribution in [0.2, 0.25) is 0 Å². The van der Waals surface area contributed by atoms with Crippen molar-refractivity contribution < 1.29 is 17.9 Å². The molecular weight excluding hydrogens is 244 g/mol. The predicted molar refractivity (Wildman–Crippen MR) is 60.0 cm³/mol. The average Bonchev–Trinajstić information content (AvgIpc) is 2.58. The molecule has 0 saturated heterocycles. The van der Waals surface area contributed by atoms with Gasteiger partial charge in [-0.05, 0) is 25.3 Å². The minimum Gasteiger partial charge on any atom is -0.464 e. The minimum atomic E-state index is -3.79. The maximum absolute atomic E-state index is 11.5. The first-order chi connectivity index (χ1) is 7.93. The quantitative estimate of drug-likeness (QED) is 0.806. The monoisotopic (exact) mass is 258 g/mol. The van der Waals surface area contributed by atoms with Gasteiger partial charge < -0.3 is 9.30 Å². The highest BCUT2D eigenvalue weighted by Gasteiger charge is 2.27. The molecule has 17 heavy (non-hydrogen) atoms. The van der Waals surface area contributed by atoms with E-state index < -0.39 is 16.0 Å². The van der Waals surface area contributed by atoms with Crippen molar-refractivity contribution in [3.63, 3.8) is 0 Å². The van der Waals surface area contributed by atoms with Crippen LogP contribution < -0.4 is 5.14 Å². The molecule has 0 radical (unpaired) electrons. The van der Waals surface area contributed by atoms with Crippen LogP contribution in [0.25, 0.3) is 0 Å². The first kappa shape index (κ1) is 12.1. The zero-order valence-electron chi connectivity index (χ0n) is 9.42. The van der Waals surface area contributed by atoms with E-state index in [1.807, 2.05) is 0 Å². The van der Waals surface area contributed by atoms with Crippen molar-refractivity contribution in [1.82, 2.24) is 4.57 Å². The Balaban J connectivity index is 2.47. The molecule has 1 aliphatic carbocycles. The molecule has 1 aromatic rings. The maximum atomic E-state index is 11.5. The SMILES string of the molecule is COC(=O)c1cc(S(N)(=O)=O)cn1C1CCC1. The number of primary sulfonamides is 1. The highest BCUT2D eigenvalue weighted by atomic mass is 32.2. The third-order valence-corrected chi connectivity index (χ3v) is 3.89. The smallest absolute Gasteiger partial charge is 0.354 e. The van der Waals surface area contributed by atoms with Crippen molar-refractivity contribution in [1.29, 1.82) is 0 Å². The Bertz CT molecular complexity index is 543. The number of ether oxygens (including phenoxy) is 1. The lowest BCUT2D eigenvalue weighted by atomic mass is 9.93.